The lowest BCUT2D eigenvalue weighted by Gasteiger charge is -2.20. The first-order valence-corrected chi connectivity index (χ1v) is 7.26. The quantitative estimate of drug-likeness (QED) is 0.715. The Morgan fingerprint density at radius 3 is 3.00 bits per heavy atom. The molecule has 0 bridgehead atoms. The van der Waals surface area contributed by atoms with Crippen molar-refractivity contribution in [3.8, 4) is 5.75 Å². The molecular formula is C16H23NO3. The van der Waals surface area contributed by atoms with Crippen LogP contribution in [0.15, 0.2) is 18.2 Å². The van der Waals surface area contributed by atoms with Crippen molar-refractivity contribution in [1.29, 1.82) is 0 Å². The van der Waals surface area contributed by atoms with Gasteiger partial charge < -0.3 is 9.47 Å². The van der Waals surface area contributed by atoms with Crippen LogP contribution >= 0.6 is 0 Å². The van der Waals surface area contributed by atoms with Crippen molar-refractivity contribution in [3.63, 3.8) is 0 Å². The molecule has 0 spiro atoms. The van der Waals surface area contributed by atoms with Gasteiger partial charge in [0.1, 0.15) is 5.75 Å². The van der Waals surface area contributed by atoms with Gasteiger partial charge in [-0.3, -0.25) is 9.69 Å². The Hall–Kier alpha value is -1.55. The van der Waals surface area contributed by atoms with Crippen LogP contribution in [-0.2, 0) is 22.4 Å². The molecule has 0 amide bonds. The molecule has 4 heteroatoms. The zero-order valence-electron chi connectivity index (χ0n) is 12.4. The van der Waals surface area contributed by atoms with Crippen LogP contribution in [0.1, 0.15) is 24.5 Å². The minimum absolute atomic E-state index is 0.166. The maximum Gasteiger partial charge on any atom is 0.319 e. The number of nitrogens with zero attached hydrogens (tertiary/aromatic N) is 1. The molecule has 0 unspecified atom stereocenters. The fraction of sp³-hybridized carbons (Fsp3) is 0.562. The second-order valence-electron chi connectivity index (χ2n) is 5.14. The molecule has 1 aliphatic heterocycles. The molecule has 0 aromatic heterocycles. The Kier molecular flexibility index (Phi) is 5.41. The van der Waals surface area contributed by atoms with Gasteiger partial charge >= 0.3 is 5.97 Å². The first-order valence-electron chi connectivity index (χ1n) is 7.26. The van der Waals surface area contributed by atoms with Crippen molar-refractivity contribution in [1.82, 2.24) is 4.90 Å². The average molecular weight is 277 g/mol. The predicted octanol–water partition coefficient (Wildman–Crippen LogP) is 2.05. The molecule has 1 aromatic carbocycles. The highest BCUT2D eigenvalue weighted by molar-refractivity contribution is 5.71. The Balaban J connectivity index is 1.89. The summed E-state index contributed by atoms with van der Waals surface area (Å²) < 4.78 is 10.3. The van der Waals surface area contributed by atoms with Crippen molar-refractivity contribution in [2.45, 2.75) is 26.2 Å². The number of methoxy groups -OCH3 is 1. The SMILES string of the molecule is CCCN(CCc1ccc2c(c1)CCO2)CC(=O)OC. The molecule has 0 radical (unpaired) electrons. The molecule has 1 aliphatic rings. The van der Waals surface area contributed by atoms with Crippen molar-refractivity contribution >= 4 is 5.97 Å². The number of hydrogen-bond donors (Lipinski definition) is 0. The molecule has 0 fully saturated rings. The van der Waals surface area contributed by atoms with Crippen LogP contribution in [-0.4, -0.2) is 44.2 Å². The van der Waals surface area contributed by atoms with Crippen LogP contribution in [0.4, 0.5) is 0 Å². The van der Waals surface area contributed by atoms with Gasteiger partial charge in [0.15, 0.2) is 0 Å². The number of ether oxygens (including phenoxy) is 2. The number of carbonyl (C=O) groups excluding carboxylic acids is 1. The smallest absolute Gasteiger partial charge is 0.319 e. The van der Waals surface area contributed by atoms with E-state index in [1.54, 1.807) is 0 Å². The molecule has 0 atom stereocenters. The van der Waals surface area contributed by atoms with Crippen LogP contribution in [0.25, 0.3) is 0 Å². The first kappa shape index (κ1) is 14.9. The Labute approximate surface area is 120 Å². The van der Waals surface area contributed by atoms with Gasteiger partial charge in [-0.25, -0.2) is 0 Å². The summed E-state index contributed by atoms with van der Waals surface area (Å²) in [5, 5.41) is 0. The second kappa shape index (κ2) is 7.29. The van der Waals surface area contributed by atoms with Crippen LogP contribution in [0.3, 0.4) is 0 Å². The lowest BCUT2D eigenvalue weighted by atomic mass is 10.1. The third kappa shape index (κ3) is 3.97. The number of esters is 1. The Morgan fingerprint density at radius 1 is 1.40 bits per heavy atom. The number of hydrogen-bond acceptors (Lipinski definition) is 4. The zero-order chi connectivity index (χ0) is 14.4. The van der Waals surface area contributed by atoms with Gasteiger partial charge in [-0.1, -0.05) is 19.1 Å². The maximum atomic E-state index is 11.4. The molecular weight excluding hydrogens is 254 g/mol. The highest BCUT2D eigenvalue weighted by Gasteiger charge is 2.13. The molecule has 0 N–H and O–H groups in total. The van der Waals surface area contributed by atoms with E-state index >= 15 is 0 Å². The lowest BCUT2D eigenvalue weighted by molar-refractivity contribution is -0.141. The van der Waals surface area contributed by atoms with Gasteiger partial charge in [0.05, 0.1) is 20.3 Å². The molecule has 0 saturated heterocycles. The van der Waals surface area contributed by atoms with Gasteiger partial charge in [0.2, 0.25) is 0 Å². The summed E-state index contributed by atoms with van der Waals surface area (Å²) in [5.41, 5.74) is 2.61. The molecule has 1 heterocycles. The Bertz CT molecular complexity index is 459. The fourth-order valence-corrected chi connectivity index (χ4v) is 2.52. The summed E-state index contributed by atoms with van der Waals surface area (Å²) in [5.74, 6) is 0.856. The molecule has 1 aromatic rings. The van der Waals surface area contributed by atoms with Crippen LogP contribution in [0.2, 0.25) is 0 Å². The Morgan fingerprint density at radius 2 is 2.25 bits per heavy atom. The van der Waals surface area contributed by atoms with E-state index in [1.807, 2.05) is 0 Å². The van der Waals surface area contributed by atoms with Crippen molar-refractivity contribution in [3.05, 3.63) is 29.3 Å². The normalized spacial score (nSPS) is 13.2. The van der Waals surface area contributed by atoms with E-state index in [9.17, 15) is 4.79 Å². The molecule has 0 aliphatic carbocycles. The van der Waals surface area contributed by atoms with Crippen molar-refractivity contribution < 1.29 is 14.3 Å². The molecule has 110 valence electrons. The highest BCUT2D eigenvalue weighted by Crippen LogP contribution is 2.26. The number of rotatable bonds is 7. The van der Waals surface area contributed by atoms with E-state index in [2.05, 4.69) is 30.0 Å². The molecule has 20 heavy (non-hydrogen) atoms. The van der Waals surface area contributed by atoms with Crippen molar-refractivity contribution in [2.75, 3.05) is 33.4 Å². The van der Waals surface area contributed by atoms with E-state index in [-0.39, 0.29) is 5.97 Å². The molecule has 4 nitrogen and oxygen atoms in total. The minimum Gasteiger partial charge on any atom is -0.493 e. The van der Waals surface area contributed by atoms with Crippen LogP contribution in [0, 0.1) is 0 Å². The average Bonchev–Trinajstić information content (AvgIpc) is 2.92. The van der Waals surface area contributed by atoms with E-state index < -0.39 is 0 Å². The topological polar surface area (TPSA) is 38.8 Å². The number of benzene rings is 1. The fourth-order valence-electron chi connectivity index (χ4n) is 2.52. The lowest BCUT2D eigenvalue weighted by Crippen LogP contribution is -2.33. The summed E-state index contributed by atoms with van der Waals surface area (Å²) >= 11 is 0. The molecule has 2 rings (SSSR count). The summed E-state index contributed by atoms with van der Waals surface area (Å²) in [6.45, 7) is 5.09. The van der Waals surface area contributed by atoms with E-state index in [4.69, 9.17) is 9.47 Å². The van der Waals surface area contributed by atoms with Gasteiger partial charge in [-0.2, -0.15) is 0 Å². The number of fused-ring (bicyclic) bond motifs is 1. The summed E-state index contributed by atoms with van der Waals surface area (Å²) in [6.07, 6.45) is 2.99. The first-order chi connectivity index (χ1) is 9.72. The summed E-state index contributed by atoms with van der Waals surface area (Å²) in [4.78, 5) is 13.5. The van der Waals surface area contributed by atoms with E-state index in [0.717, 1.165) is 44.7 Å². The van der Waals surface area contributed by atoms with E-state index in [0.29, 0.717) is 6.54 Å². The standard InChI is InChI=1S/C16H23NO3/c1-3-8-17(12-16(18)19-2)9-6-13-4-5-15-14(11-13)7-10-20-15/h4-5,11H,3,6-10,12H2,1-2H3. The second-order valence-corrected chi connectivity index (χ2v) is 5.14. The maximum absolute atomic E-state index is 11.4. The summed E-state index contributed by atoms with van der Waals surface area (Å²) in [7, 11) is 1.44. The van der Waals surface area contributed by atoms with Gasteiger partial charge in [0, 0.05) is 13.0 Å². The van der Waals surface area contributed by atoms with Gasteiger partial charge in [0.25, 0.3) is 0 Å². The highest BCUT2D eigenvalue weighted by atomic mass is 16.5. The number of carbonyl (C=O) groups is 1. The monoisotopic (exact) mass is 277 g/mol. The third-order valence-corrected chi connectivity index (χ3v) is 3.59. The molecule has 0 saturated carbocycles. The predicted molar refractivity (Wildman–Crippen MR) is 78.1 cm³/mol. The summed E-state index contributed by atoms with van der Waals surface area (Å²) in [6, 6.07) is 6.40. The minimum atomic E-state index is -0.166. The largest absolute Gasteiger partial charge is 0.493 e. The van der Waals surface area contributed by atoms with Crippen molar-refractivity contribution in [2.24, 2.45) is 0 Å². The van der Waals surface area contributed by atoms with Gasteiger partial charge in [-0.15, -0.1) is 0 Å². The van der Waals surface area contributed by atoms with Crippen LogP contribution in [0.5, 0.6) is 5.75 Å². The van der Waals surface area contributed by atoms with Crippen LogP contribution < -0.4 is 4.74 Å². The third-order valence-electron chi connectivity index (χ3n) is 3.59. The van der Waals surface area contributed by atoms with E-state index in [1.165, 1.54) is 18.2 Å². The zero-order valence-corrected chi connectivity index (χ0v) is 12.4. The van der Waals surface area contributed by atoms with Gasteiger partial charge in [-0.05, 0) is 36.6 Å².